The van der Waals surface area contributed by atoms with Crippen LogP contribution in [0.4, 0.5) is 0 Å². The standard InChI is InChI=1S/C13H22N2O/c1-14-8-12-3-2-4-15(12)13(16)11-6-9-5-10(9)7-11/h9-12,14H,2-8H2,1H3. The third kappa shape index (κ3) is 1.75. The van der Waals surface area contributed by atoms with Gasteiger partial charge < -0.3 is 10.2 Å². The first kappa shape index (κ1) is 10.6. The molecule has 3 atom stereocenters. The Labute approximate surface area is 97.6 Å². The van der Waals surface area contributed by atoms with Crippen LogP contribution in [0.3, 0.4) is 0 Å². The van der Waals surface area contributed by atoms with Crippen molar-refractivity contribution in [2.75, 3.05) is 20.1 Å². The Morgan fingerprint density at radius 2 is 2.06 bits per heavy atom. The van der Waals surface area contributed by atoms with Crippen molar-refractivity contribution in [1.82, 2.24) is 10.2 Å². The topological polar surface area (TPSA) is 32.3 Å². The van der Waals surface area contributed by atoms with Crippen molar-refractivity contribution >= 4 is 5.91 Å². The lowest BCUT2D eigenvalue weighted by Gasteiger charge is -2.27. The molecule has 0 aromatic heterocycles. The van der Waals surface area contributed by atoms with Crippen LogP contribution in [0, 0.1) is 17.8 Å². The van der Waals surface area contributed by atoms with Gasteiger partial charge in [0, 0.05) is 25.0 Å². The summed E-state index contributed by atoms with van der Waals surface area (Å²) in [4.78, 5) is 14.6. The molecule has 0 spiro atoms. The molecule has 0 bridgehead atoms. The van der Waals surface area contributed by atoms with Crippen molar-refractivity contribution in [1.29, 1.82) is 0 Å². The minimum atomic E-state index is 0.376. The highest BCUT2D eigenvalue weighted by Crippen LogP contribution is 2.54. The Hall–Kier alpha value is -0.570. The SMILES string of the molecule is CNCC1CCCN1C(=O)C1CC2CC2C1. The molecule has 2 aliphatic carbocycles. The summed E-state index contributed by atoms with van der Waals surface area (Å²) in [7, 11) is 1.98. The van der Waals surface area contributed by atoms with Crippen LogP contribution in [0.1, 0.15) is 32.1 Å². The van der Waals surface area contributed by atoms with Crippen LogP contribution in [0.2, 0.25) is 0 Å². The number of nitrogens with one attached hydrogen (secondary N) is 1. The van der Waals surface area contributed by atoms with Crippen LogP contribution in [-0.4, -0.2) is 37.0 Å². The van der Waals surface area contributed by atoms with E-state index in [1.54, 1.807) is 0 Å². The molecule has 0 aromatic rings. The van der Waals surface area contributed by atoms with Crippen molar-refractivity contribution in [2.45, 2.75) is 38.1 Å². The molecule has 0 aromatic carbocycles. The van der Waals surface area contributed by atoms with Crippen LogP contribution >= 0.6 is 0 Å². The third-order valence-electron chi connectivity index (χ3n) is 4.69. The molecular formula is C13H22N2O. The molecule has 1 saturated heterocycles. The molecule has 1 amide bonds. The fraction of sp³-hybridized carbons (Fsp3) is 0.923. The first-order chi connectivity index (χ1) is 7.79. The fourth-order valence-electron chi connectivity index (χ4n) is 3.72. The predicted octanol–water partition coefficient (Wildman–Crippen LogP) is 1.24. The van der Waals surface area contributed by atoms with E-state index in [0.717, 1.165) is 24.9 Å². The van der Waals surface area contributed by atoms with E-state index >= 15 is 0 Å². The van der Waals surface area contributed by atoms with Crippen molar-refractivity contribution in [3.8, 4) is 0 Å². The van der Waals surface area contributed by atoms with E-state index in [1.807, 2.05) is 7.05 Å². The summed E-state index contributed by atoms with van der Waals surface area (Å²) in [6.07, 6.45) is 6.16. The van der Waals surface area contributed by atoms with E-state index in [4.69, 9.17) is 0 Å². The molecule has 2 saturated carbocycles. The average molecular weight is 222 g/mol. The number of hydrogen-bond acceptors (Lipinski definition) is 2. The molecule has 16 heavy (non-hydrogen) atoms. The minimum absolute atomic E-state index is 0.376. The molecule has 3 rings (SSSR count). The number of nitrogens with zero attached hydrogens (tertiary/aromatic N) is 1. The number of rotatable bonds is 3. The molecule has 3 aliphatic rings. The minimum Gasteiger partial charge on any atom is -0.338 e. The van der Waals surface area contributed by atoms with Gasteiger partial charge in [-0.2, -0.15) is 0 Å². The summed E-state index contributed by atoms with van der Waals surface area (Å²) in [6, 6.07) is 0.467. The van der Waals surface area contributed by atoms with Crippen LogP contribution in [0.15, 0.2) is 0 Å². The zero-order valence-electron chi connectivity index (χ0n) is 10.1. The molecule has 3 unspecified atom stereocenters. The number of carbonyl (C=O) groups is 1. The highest BCUT2D eigenvalue weighted by atomic mass is 16.2. The van der Waals surface area contributed by atoms with Crippen molar-refractivity contribution in [2.24, 2.45) is 17.8 Å². The van der Waals surface area contributed by atoms with E-state index in [9.17, 15) is 4.79 Å². The van der Waals surface area contributed by atoms with Gasteiger partial charge in [-0.3, -0.25) is 4.79 Å². The van der Waals surface area contributed by atoms with Gasteiger partial charge in [-0.05, 0) is 51.0 Å². The first-order valence-electron chi connectivity index (χ1n) is 6.74. The summed E-state index contributed by atoms with van der Waals surface area (Å²) in [5.41, 5.74) is 0. The zero-order chi connectivity index (χ0) is 11.1. The van der Waals surface area contributed by atoms with Crippen LogP contribution in [0.5, 0.6) is 0 Å². The van der Waals surface area contributed by atoms with Crippen LogP contribution in [-0.2, 0) is 4.79 Å². The number of amides is 1. The second kappa shape index (κ2) is 4.02. The van der Waals surface area contributed by atoms with Crippen LogP contribution < -0.4 is 5.32 Å². The van der Waals surface area contributed by atoms with E-state index < -0.39 is 0 Å². The molecule has 3 heteroatoms. The Bertz CT molecular complexity index is 282. The van der Waals surface area contributed by atoms with E-state index in [2.05, 4.69) is 10.2 Å². The largest absolute Gasteiger partial charge is 0.338 e. The molecule has 1 aliphatic heterocycles. The zero-order valence-corrected chi connectivity index (χ0v) is 10.1. The number of likely N-dealkylation sites (tertiary alicyclic amines) is 1. The summed E-state index contributed by atoms with van der Waals surface area (Å²) >= 11 is 0. The monoisotopic (exact) mass is 222 g/mol. The predicted molar refractivity (Wildman–Crippen MR) is 63.0 cm³/mol. The highest BCUT2D eigenvalue weighted by Gasteiger charge is 2.49. The highest BCUT2D eigenvalue weighted by molar-refractivity contribution is 5.80. The third-order valence-corrected chi connectivity index (χ3v) is 4.69. The summed E-state index contributed by atoms with van der Waals surface area (Å²) in [5, 5.41) is 3.21. The van der Waals surface area contributed by atoms with Crippen molar-refractivity contribution < 1.29 is 4.79 Å². The molecule has 1 N–H and O–H groups in total. The van der Waals surface area contributed by atoms with E-state index in [1.165, 1.54) is 32.1 Å². The molecule has 90 valence electrons. The lowest BCUT2D eigenvalue weighted by Crippen LogP contribution is -2.43. The van der Waals surface area contributed by atoms with Gasteiger partial charge in [0.1, 0.15) is 0 Å². The lowest BCUT2D eigenvalue weighted by atomic mass is 10.0. The average Bonchev–Trinajstić information content (AvgIpc) is 2.74. The fourth-order valence-corrected chi connectivity index (χ4v) is 3.72. The normalized spacial score (nSPS) is 41.2. The lowest BCUT2D eigenvalue weighted by molar-refractivity contribution is -0.136. The van der Waals surface area contributed by atoms with E-state index in [-0.39, 0.29) is 0 Å². The van der Waals surface area contributed by atoms with Gasteiger partial charge in [0.05, 0.1) is 0 Å². The molecular weight excluding hydrogens is 200 g/mol. The molecule has 1 heterocycles. The second-order valence-electron chi connectivity index (χ2n) is 5.81. The summed E-state index contributed by atoms with van der Waals surface area (Å²) in [6.45, 7) is 1.96. The maximum absolute atomic E-state index is 12.4. The van der Waals surface area contributed by atoms with Crippen LogP contribution in [0.25, 0.3) is 0 Å². The number of carbonyl (C=O) groups excluding carboxylic acids is 1. The van der Waals surface area contributed by atoms with Gasteiger partial charge in [0.25, 0.3) is 0 Å². The summed E-state index contributed by atoms with van der Waals surface area (Å²) < 4.78 is 0. The number of likely N-dealkylation sites (N-methyl/N-ethyl adjacent to an activating group) is 1. The Morgan fingerprint density at radius 3 is 2.75 bits per heavy atom. The van der Waals surface area contributed by atoms with Gasteiger partial charge in [0.15, 0.2) is 0 Å². The Morgan fingerprint density at radius 1 is 1.31 bits per heavy atom. The maximum Gasteiger partial charge on any atom is 0.225 e. The quantitative estimate of drug-likeness (QED) is 0.779. The van der Waals surface area contributed by atoms with Gasteiger partial charge in [-0.15, -0.1) is 0 Å². The first-order valence-corrected chi connectivity index (χ1v) is 6.74. The van der Waals surface area contributed by atoms with Gasteiger partial charge in [0.2, 0.25) is 5.91 Å². The second-order valence-corrected chi connectivity index (χ2v) is 5.81. The Balaban J connectivity index is 1.60. The maximum atomic E-state index is 12.4. The number of fused-ring (bicyclic) bond motifs is 1. The van der Waals surface area contributed by atoms with Gasteiger partial charge >= 0.3 is 0 Å². The van der Waals surface area contributed by atoms with Gasteiger partial charge in [-0.25, -0.2) is 0 Å². The molecule has 3 nitrogen and oxygen atoms in total. The molecule has 0 radical (unpaired) electrons. The smallest absolute Gasteiger partial charge is 0.225 e. The van der Waals surface area contributed by atoms with Gasteiger partial charge in [-0.1, -0.05) is 0 Å². The van der Waals surface area contributed by atoms with E-state index in [0.29, 0.717) is 17.9 Å². The molecule has 3 fully saturated rings. The Kier molecular flexibility index (Phi) is 2.66. The van der Waals surface area contributed by atoms with Crippen molar-refractivity contribution in [3.05, 3.63) is 0 Å². The van der Waals surface area contributed by atoms with Crippen molar-refractivity contribution in [3.63, 3.8) is 0 Å². The number of hydrogen-bond donors (Lipinski definition) is 1. The summed E-state index contributed by atoms with van der Waals surface area (Å²) in [5.74, 6) is 2.67.